The molecule has 0 unspecified atom stereocenters. The largest absolute Gasteiger partial charge is 0.433 e. The Labute approximate surface area is 96.7 Å². The highest BCUT2D eigenvalue weighted by Gasteiger charge is 2.23. The van der Waals surface area contributed by atoms with Gasteiger partial charge in [0.1, 0.15) is 4.92 Å². The first-order valence-electron chi connectivity index (χ1n) is 4.48. The van der Waals surface area contributed by atoms with Gasteiger partial charge in [0.05, 0.1) is 6.07 Å². The lowest BCUT2D eigenvalue weighted by Gasteiger charge is -2.22. The van der Waals surface area contributed by atoms with Gasteiger partial charge in [0.25, 0.3) is 5.91 Å². The second kappa shape index (κ2) is 4.52. The third-order valence-electron chi connectivity index (χ3n) is 1.78. The minimum absolute atomic E-state index is 0.107. The number of carbonyl (C=O) groups is 1. The number of nitrogens with zero attached hydrogens (tertiary/aromatic N) is 1. The monoisotopic (exact) mass is 246 g/mol. The van der Waals surface area contributed by atoms with Gasteiger partial charge in [-0.25, -0.2) is 0 Å². The molecule has 1 N–H and O–H groups in total. The van der Waals surface area contributed by atoms with E-state index in [-0.39, 0.29) is 11.6 Å². The second-order valence-electron chi connectivity index (χ2n) is 3.87. The molecule has 1 amide bonds. The van der Waals surface area contributed by atoms with Crippen LogP contribution in [-0.4, -0.2) is 22.2 Å². The Kier molecular flexibility index (Phi) is 3.54. The topological polar surface area (TPSA) is 85.4 Å². The number of hydrogen-bond acceptors (Lipinski definition) is 4. The van der Waals surface area contributed by atoms with Crippen molar-refractivity contribution in [3.63, 3.8) is 0 Å². The highest BCUT2D eigenvalue weighted by atomic mass is 35.5. The van der Waals surface area contributed by atoms with Gasteiger partial charge in [-0.15, -0.1) is 11.6 Å². The number of nitro groups is 1. The summed E-state index contributed by atoms with van der Waals surface area (Å²) in [5.41, 5.74) is -0.597. The Morgan fingerprint density at radius 3 is 2.69 bits per heavy atom. The van der Waals surface area contributed by atoms with Crippen LogP contribution in [0.2, 0.25) is 0 Å². The molecule has 0 fully saturated rings. The predicted molar refractivity (Wildman–Crippen MR) is 57.6 cm³/mol. The van der Waals surface area contributed by atoms with Crippen LogP contribution in [0.25, 0.3) is 0 Å². The van der Waals surface area contributed by atoms with Crippen molar-refractivity contribution in [2.24, 2.45) is 0 Å². The maximum atomic E-state index is 11.6. The quantitative estimate of drug-likeness (QED) is 0.500. The van der Waals surface area contributed by atoms with Crippen LogP contribution in [0.5, 0.6) is 0 Å². The van der Waals surface area contributed by atoms with E-state index in [4.69, 9.17) is 16.0 Å². The van der Waals surface area contributed by atoms with Crippen molar-refractivity contribution in [3.8, 4) is 0 Å². The number of furan rings is 1. The molecule has 0 bridgehead atoms. The van der Waals surface area contributed by atoms with Crippen molar-refractivity contribution in [2.75, 3.05) is 5.88 Å². The molecule has 0 saturated heterocycles. The molecule has 1 aromatic heterocycles. The lowest BCUT2D eigenvalue weighted by Crippen LogP contribution is -2.44. The first-order valence-corrected chi connectivity index (χ1v) is 5.02. The zero-order valence-electron chi connectivity index (χ0n) is 8.82. The van der Waals surface area contributed by atoms with Crippen LogP contribution in [0, 0.1) is 10.1 Å². The molecule has 0 aliphatic rings. The van der Waals surface area contributed by atoms with Crippen molar-refractivity contribution in [1.82, 2.24) is 5.32 Å². The van der Waals surface area contributed by atoms with Crippen LogP contribution < -0.4 is 5.32 Å². The lowest BCUT2D eigenvalue weighted by molar-refractivity contribution is -0.402. The number of carbonyl (C=O) groups excluding carboxylic acids is 1. The molecule has 0 radical (unpaired) electrons. The Bertz CT molecular complexity index is 413. The number of amides is 1. The Hall–Kier alpha value is -1.56. The fourth-order valence-corrected chi connectivity index (χ4v) is 1.02. The predicted octanol–water partition coefficient (Wildman–Crippen LogP) is 1.93. The molecule has 0 aliphatic heterocycles. The molecule has 6 nitrogen and oxygen atoms in total. The summed E-state index contributed by atoms with van der Waals surface area (Å²) in [6.07, 6.45) is 0. The summed E-state index contributed by atoms with van der Waals surface area (Å²) in [6.45, 7) is 3.46. The SMILES string of the molecule is CC(C)(CCl)NC(=O)c1ccc([N+](=O)[O-])o1. The first kappa shape index (κ1) is 12.5. The fraction of sp³-hybridized carbons (Fsp3) is 0.444. The summed E-state index contributed by atoms with van der Waals surface area (Å²) >= 11 is 5.63. The average Bonchev–Trinajstić information content (AvgIpc) is 2.66. The molecule has 7 heteroatoms. The zero-order chi connectivity index (χ0) is 12.3. The van der Waals surface area contributed by atoms with E-state index < -0.39 is 22.3 Å². The summed E-state index contributed by atoms with van der Waals surface area (Å²) in [5.74, 6) is -0.876. The standard InChI is InChI=1S/C9H11ClN2O4/c1-9(2,5-10)11-8(13)6-3-4-7(16-6)12(14)15/h3-4H,5H2,1-2H3,(H,11,13). The molecule has 88 valence electrons. The van der Waals surface area contributed by atoms with Crippen LogP contribution in [0.4, 0.5) is 5.88 Å². The van der Waals surface area contributed by atoms with Crippen LogP contribution in [0.3, 0.4) is 0 Å². The van der Waals surface area contributed by atoms with Gasteiger partial charge in [0.2, 0.25) is 0 Å². The van der Waals surface area contributed by atoms with E-state index in [1.165, 1.54) is 6.07 Å². The summed E-state index contributed by atoms with van der Waals surface area (Å²) in [5, 5.41) is 12.9. The number of nitrogens with one attached hydrogen (secondary N) is 1. The molecular weight excluding hydrogens is 236 g/mol. The normalized spacial score (nSPS) is 11.2. The van der Waals surface area contributed by atoms with Crippen LogP contribution in [0.15, 0.2) is 16.5 Å². The summed E-state index contributed by atoms with van der Waals surface area (Å²) in [6, 6.07) is 2.38. The molecule has 1 rings (SSSR count). The highest BCUT2D eigenvalue weighted by Crippen LogP contribution is 2.16. The molecular formula is C9H11ClN2O4. The molecule has 0 spiro atoms. The van der Waals surface area contributed by atoms with E-state index >= 15 is 0 Å². The second-order valence-corrected chi connectivity index (χ2v) is 4.13. The van der Waals surface area contributed by atoms with Gasteiger partial charge in [0, 0.05) is 11.4 Å². The van der Waals surface area contributed by atoms with Crippen LogP contribution >= 0.6 is 11.6 Å². The molecule has 1 heterocycles. The van der Waals surface area contributed by atoms with E-state index in [0.717, 1.165) is 6.07 Å². The van der Waals surface area contributed by atoms with Gasteiger partial charge in [-0.3, -0.25) is 14.9 Å². The number of halogens is 1. The van der Waals surface area contributed by atoms with E-state index in [2.05, 4.69) is 5.32 Å². The zero-order valence-corrected chi connectivity index (χ0v) is 9.58. The van der Waals surface area contributed by atoms with Crippen molar-refractivity contribution in [1.29, 1.82) is 0 Å². The third-order valence-corrected chi connectivity index (χ3v) is 2.45. The smallest absolute Gasteiger partial charge is 0.395 e. The van der Waals surface area contributed by atoms with Crippen LogP contribution in [-0.2, 0) is 0 Å². The van der Waals surface area contributed by atoms with Gasteiger partial charge in [-0.2, -0.15) is 0 Å². The van der Waals surface area contributed by atoms with Gasteiger partial charge in [-0.1, -0.05) is 0 Å². The molecule has 1 aromatic rings. The molecule has 0 aliphatic carbocycles. The molecule has 0 atom stereocenters. The van der Waals surface area contributed by atoms with Crippen molar-refractivity contribution in [3.05, 3.63) is 28.0 Å². The Morgan fingerprint density at radius 2 is 2.25 bits per heavy atom. The van der Waals surface area contributed by atoms with E-state index in [1.807, 2.05) is 0 Å². The third kappa shape index (κ3) is 2.96. The van der Waals surface area contributed by atoms with Crippen LogP contribution in [0.1, 0.15) is 24.4 Å². The lowest BCUT2D eigenvalue weighted by atomic mass is 10.1. The maximum Gasteiger partial charge on any atom is 0.433 e. The summed E-state index contributed by atoms with van der Waals surface area (Å²) in [7, 11) is 0. The number of alkyl halides is 1. The fourth-order valence-electron chi connectivity index (χ4n) is 0.950. The first-order chi connectivity index (χ1) is 7.35. The molecule has 0 saturated carbocycles. The van der Waals surface area contributed by atoms with E-state index in [0.29, 0.717) is 0 Å². The highest BCUT2D eigenvalue weighted by molar-refractivity contribution is 6.18. The molecule has 0 aromatic carbocycles. The molecule has 16 heavy (non-hydrogen) atoms. The van der Waals surface area contributed by atoms with Gasteiger partial charge in [-0.05, 0) is 19.9 Å². The van der Waals surface area contributed by atoms with Gasteiger partial charge in [0.15, 0.2) is 5.76 Å². The van der Waals surface area contributed by atoms with E-state index in [9.17, 15) is 14.9 Å². The minimum atomic E-state index is -0.705. The minimum Gasteiger partial charge on any atom is -0.395 e. The number of rotatable bonds is 4. The van der Waals surface area contributed by atoms with Crippen molar-refractivity contribution >= 4 is 23.4 Å². The summed E-state index contributed by atoms with van der Waals surface area (Å²) in [4.78, 5) is 21.2. The van der Waals surface area contributed by atoms with Gasteiger partial charge < -0.3 is 9.73 Å². The van der Waals surface area contributed by atoms with Crippen molar-refractivity contribution < 1.29 is 14.1 Å². The number of hydrogen-bond donors (Lipinski definition) is 1. The van der Waals surface area contributed by atoms with E-state index in [1.54, 1.807) is 13.8 Å². The average molecular weight is 247 g/mol. The van der Waals surface area contributed by atoms with Crippen molar-refractivity contribution in [2.45, 2.75) is 19.4 Å². The maximum absolute atomic E-state index is 11.6. The Morgan fingerprint density at radius 1 is 1.62 bits per heavy atom. The summed E-state index contributed by atoms with van der Waals surface area (Å²) < 4.78 is 4.74. The Balaban J connectivity index is 2.77. The van der Waals surface area contributed by atoms with Gasteiger partial charge >= 0.3 is 5.88 Å².